The van der Waals surface area contributed by atoms with Gasteiger partial charge in [0.25, 0.3) is 0 Å². The Morgan fingerprint density at radius 3 is 2.79 bits per heavy atom. The highest BCUT2D eigenvalue weighted by molar-refractivity contribution is 6.42. The first-order chi connectivity index (χ1) is 9.19. The molecule has 0 spiro atoms. The molecule has 1 heterocycles. The van der Waals surface area contributed by atoms with E-state index >= 15 is 0 Å². The molecule has 0 amide bonds. The van der Waals surface area contributed by atoms with E-state index in [9.17, 15) is 0 Å². The quantitative estimate of drug-likeness (QED) is 0.907. The first-order valence-electron chi connectivity index (χ1n) is 6.32. The van der Waals surface area contributed by atoms with Gasteiger partial charge in [0.1, 0.15) is 0 Å². The van der Waals surface area contributed by atoms with Crippen LogP contribution >= 0.6 is 23.2 Å². The van der Waals surface area contributed by atoms with Crippen LogP contribution in [0.15, 0.2) is 30.5 Å². The second-order valence-electron chi connectivity index (χ2n) is 4.34. The molecule has 0 saturated carbocycles. The lowest BCUT2D eigenvalue weighted by Gasteiger charge is -2.20. The molecule has 1 aromatic heterocycles. The van der Waals surface area contributed by atoms with Gasteiger partial charge < -0.3 is 5.32 Å². The van der Waals surface area contributed by atoms with E-state index in [-0.39, 0.29) is 6.04 Å². The molecule has 1 N–H and O–H groups in total. The fraction of sp³-hybridized carbons (Fsp3) is 0.357. The summed E-state index contributed by atoms with van der Waals surface area (Å²) in [5.41, 5.74) is 2.06. The zero-order valence-corrected chi connectivity index (χ0v) is 12.5. The second-order valence-corrected chi connectivity index (χ2v) is 5.13. The van der Waals surface area contributed by atoms with Crippen LogP contribution in [0.4, 0.5) is 0 Å². The van der Waals surface area contributed by atoms with Crippen LogP contribution in [0.5, 0.6) is 0 Å². The van der Waals surface area contributed by atoms with Crippen molar-refractivity contribution < 1.29 is 0 Å². The molecule has 2 aromatic rings. The SMILES string of the molecule is CCCn1nccc1C(NC)c1cccc(Cl)c1Cl. The molecule has 0 bridgehead atoms. The van der Waals surface area contributed by atoms with Crippen LogP contribution in [-0.4, -0.2) is 16.8 Å². The summed E-state index contributed by atoms with van der Waals surface area (Å²) in [7, 11) is 1.91. The van der Waals surface area contributed by atoms with Crippen molar-refractivity contribution in [3.05, 3.63) is 51.8 Å². The number of rotatable bonds is 5. The highest BCUT2D eigenvalue weighted by Crippen LogP contribution is 2.32. The van der Waals surface area contributed by atoms with Gasteiger partial charge in [0.15, 0.2) is 0 Å². The number of nitrogens with zero attached hydrogens (tertiary/aromatic N) is 2. The van der Waals surface area contributed by atoms with E-state index in [1.165, 1.54) is 0 Å². The van der Waals surface area contributed by atoms with Crippen LogP contribution < -0.4 is 5.32 Å². The van der Waals surface area contributed by atoms with Crippen LogP contribution in [0.25, 0.3) is 0 Å². The molecule has 3 nitrogen and oxygen atoms in total. The van der Waals surface area contributed by atoms with Gasteiger partial charge in [0, 0.05) is 12.7 Å². The van der Waals surface area contributed by atoms with Crippen LogP contribution in [0, 0.1) is 0 Å². The molecular weight excluding hydrogens is 281 g/mol. The topological polar surface area (TPSA) is 29.9 Å². The number of nitrogens with one attached hydrogen (secondary N) is 1. The number of aromatic nitrogens is 2. The van der Waals surface area contributed by atoms with E-state index in [4.69, 9.17) is 23.2 Å². The van der Waals surface area contributed by atoms with E-state index in [0.29, 0.717) is 10.0 Å². The van der Waals surface area contributed by atoms with Crippen molar-refractivity contribution >= 4 is 23.2 Å². The Bertz CT molecular complexity index is 551. The third kappa shape index (κ3) is 2.94. The van der Waals surface area contributed by atoms with Crippen molar-refractivity contribution in [1.82, 2.24) is 15.1 Å². The van der Waals surface area contributed by atoms with Gasteiger partial charge in [-0.1, -0.05) is 42.3 Å². The van der Waals surface area contributed by atoms with Crippen molar-refractivity contribution in [1.29, 1.82) is 0 Å². The molecule has 0 saturated heterocycles. The molecule has 1 unspecified atom stereocenters. The van der Waals surface area contributed by atoms with Gasteiger partial charge in [-0.15, -0.1) is 0 Å². The number of aryl methyl sites for hydroxylation is 1. The zero-order valence-electron chi connectivity index (χ0n) is 11.0. The van der Waals surface area contributed by atoms with Gasteiger partial charge in [0.05, 0.1) is 21.8 Å². The maximum Gasteiger partial charge on any atom is 0.0760 e. The fourth-order valence-corrected chi connectivity index (χ4v) is 2.61. The van der Waals surface area contributed by atoms with Crippen molar-refractivity contribution in [2.45, 2.75) is 25.9 Å². The lowest BCUT2D eigenvalue weighted by Crippen LogP contribution is -2.22. The van der Waals surface area contributed by atoms with E-state index < -0.39 is 0 Å². The summed E-state index contributed by atoms with van der Waals surface area (Å²) in [6, 6.07) is 7.69. The highest BCUT2D eigenvalue weighted by atomic mass is 35.5. The summed E-state index contributed by atoms with van der Waals surface area (Å²) >= 11 is 12.4. The summed E-state index contributed by atoms with van der Waals surface area (Å²) in [6.07, 6.45) is 2.85. The molecule has 0 fully saturated rings. The van der Waals surface area contributed by atoms with Crippen LogP contribution in [-0.2, 0) is 6.54 Å². The summed E-state index contributed by atoms with van der Waals surface area (Å²) in [4.78, 5) is 0. The number of halogens is 2. The van der Waals surface area contributed by atoms with E-state index in [2.05, 4.69) is 17.3 Å². The maximum absolute atomic E-state index is 6.31. The summed E-state index contributed by atoms with van der Waals surface area (Å²) in [5, 5.41) is 8.80. The molecule has 0 aliphatic heterocycles. The van der Waals surface area contributed by atoms with E-state index in [1.807, 2.05) is 36.1 Å². The fourth-order valence-electron chi connectivity index (χ4n) is 2.19. The third-order valence-corrected chi connectivity index (χ3v) is 3.90. The largest absolute Gasteiger partial charge is 0.308 e. The average Bonchev–Trinajstić information content (AvgIpc) is 2.84. The third-order valence-electron chi connectivity index (χ3n) is 3.06. The van der Waals surface area contributed by atoms with Crippen molar-refractivity contribution in [3.8, 4) is 0 Å². The predicted molar refractivity (Wildman–Crippen MR) is 79.9 cm³/mol. The molecule has 102 valence electrons. The van der Waals surface area contributed by atoms with Crippen LogP contribution in [0.2, 0.25) is 10.0 Å². The first kappa shape index (κ1) is 14.4. The minimum atomic E-state index is -0.0137. The summed E-state index contributed by atoms with van der Waals surface area (Å²) in [6.45, 7) is 3.02. The molecule has 0 aliphatic rings. The minimum absolute atomic E-state index is 0.0137. The lowest BCUT2D eigenvalue weighted by atomic mass is 10.0. The summed E-state index contributed by atoms with van der Waals surface area (Å²) < 4.78 is 2.00. The second kappa shape index (κ2) is 6.42. The Kier molecular flexibility index (Phi) is 4.86. The highest BCUT2D eigenvalue weighted by Gasteiger charge is 2.19. The van der Waals surface area contributed by atoms with Crippen molar-refractivity contribution in [3.63, 3.8) is 0 Å². The Balaban J connectivity index is 2.44. The normalized spacial score (nSPS) is 12.6. The molecule has 0 radical (unpaired) electrons. The number of hydrogen-bond donors (Lipinski definition) is 1. The van der Waals surface area contributed by atoms with Gasteiger partial charge >= 0.3 is 0 Å². The van der Waals surface area contributed by atoms with E-state index in [1.54, 1.807) is 6.07 Å². The average molecular weight is 298 g/mol. The molecule has 1 aromatic carbocycles. The predicted octanol–water partition coefficient (Wildman–Crippen LogP) is 3.91. The molecular formula is C14H17Cl2N3. The lowest BCUT2D eigenvalue weighted by molar-refractivity contribution is 0.535. The summed E-state index contributed by atoms with van der Waals surface area (Å²) in [5.74, 6) is 0. The van der Waals surface area contributed by atoms with Crippen LogP contribution in [0.3, 0.4) is 0 Å². The number of hydrogen-bond acceptors (Lipinski definition) is 2. The van der Waals surface area contributed by atoms with E-state index in [0.717, 1.165) is 24.2 Å². The minimum Gasteiger partial charge on any atom is -0.308 e. The molecule has 19 heavy (non-hydrogen) atoms. The Labute approximate surface area is 123 Å². The Morgan fingerprint density at radius 2 is 2.11 bits per heavy atom. The molecule has 1 atom stereocenters. The van der Waals surface area contributed by atoms with Gasteiger partial charge in [-0.05, 0) is 31.2 Å². The van der Waals surface area contributed by atoms with Crippen LogP contribution in [0.1, 0.15) is 30.6 Å². The Hall–Kier alpha value is -1.03. The van der Waals surface area contributed by atoms with Crippen molar-refractivity contribution in [2.75, 3.05) is 7.05 Å². The maximum atomic E-state index is 6.31. The van der Waals surface area contributed by atoms with Crippen molar-refractivity contribution in [2.24, 2.45) is 0 Å². The smallest absolute Gasteiger partial charge is 0.0760 e. The standard InChI is InChI=1S/C14H17Cl2N3/c1-3-9-19-12(7-8-18-19)14(17-2)10-5-4-6-11(15)13(10)16/h4-8,14,17H,3,9H2,1-2H3. The number of benzene rings is 1. The van der Waals surface area contributed by atoms with Gasteiger partial charge in [0.2, 0.25) is 0 Å². The Morgan fingerprint density at radius 1 is 1.32 bits per heavy atom. The van der Waals surface area contributed by atoms with Gasteiger partial charge in [-0.2, -0.15) is 5.10 Å². The van der Waals surface area contributed by atoms with Gasteiger partial charge in [-0.3, -0.25) is 4.68 Å². The zero-order chi connectivity index (χ0) is 13.8. The molecule has 2 rings (SSSR count). The monoisotopic (exact) mass is 297 g/mol. The first-order valence-corrected chi connectivity index (χ1v) is 7.07. The molecule has 5 heteroatoms. The molecule has 0 aliphatic carbocycles. The van der Waals surface area contributed by atoms with Gasteiger partial charge in [-0.25, -0.2) is 0 Å².